The molecule has 0 aromatic carbocycles. The molecule has 2 aromatic rings. The Morgan fingerprint density at radius 2 is 2.35 bits per heavy atom. The number of halogens is 1. The molecule has 0 aliphatic rings. The van der Waals surface area contributed by atoms with Gasteiger partial charge in [-0.3, -0.25) is 4.98 Å². The van der Waals surface area contributed by atoms with Crippen LogP contribution in [-0.2, 0) is 6.42 Å². The molecule has 2 rings (SSSR count). The zero-order valence-electron chi connectivity index (χ0n) is 9.90. The lowest BCUT2D eigenvalue weighted by Gasteiger charge is -2.15. The zero-order valence-corrected chi connectivity index (χ0v) is 12.9. The Kier molecular flexibility index (Phi) is 4.53. The molecule has 17 heavy (non-hydrogen) atoms. The van der Waals surface area contributed by atoms with Crippen molar-refractivity contribution in [3.8, 4) is 0 Å². The van der Waals surface area contributed by atoms with Crippen molar-refractivity contribution in [1.29, 1.82) is 0 Å². The molecule has 90 valence electrons. The molecule has 0 bridgehead atoms. The third kappa shape index (κ3) is 3.26. The fraction of sp³-hybridized carbons (Fsp3) is 0.308. The standard InChI is InChI=1S/C13H15IN2S/c1-9-4-3-5-16-11(9)7-12(15-2)10-6-13(14)17-8-10/h3-6,8,12,15H,7H2,1-2H3. The molecule has 4 heteroatoms. The molecular weight excluding hydrogens is 343 g/mol. The number of aromatic nitrogens is 1. The van der Waals surface area contributed by atoms with Crippen LogP contribution in [0.2, 0.25) is 0 Å². The van der Waals surface area contributed by atoms with E-state index in [9.17, 15) is 0 Å². The van der Waals surface area contributed by atoms with Gasteiger partial charge in [0, 0.05) is 24.4 Å². The molecule has 0 saturated heterocycles. The van der Waals surface area contributed by atoms with Crippen LogP contribution in [0.5, 0.6) is 0 Å². The summed E-state index contributed by atoms with van der Waals surface area (Å²) in [5, 5.41) is 5.59. The number of thiophene rings is 1. The summed E-state index contributed by atoms with van der Waals surface area (Å²) >= 11 is 4.15. The quantitative estimate of drug-likeness (QED) is 0.846. The molecule has 2 aromatic heterocycles. The van der Waals surface area contributed by atoms with Gasteiger partial charge in [-0.25, -0.2) is 0 Å². The maximum Gasteiger partial charge on any atom is 0.0656 e. The van der Waals surface area contributed by atoms with E-state index in [-0.39, 0.29) is 0 Å². The Balaban J connectivity index is 2.18. The normalized spacial score (nSPS) is 12.6. The van der Waals surface area contributed by atoms with Gasteiger partial charge in [0.1, 0.15) is 0 Å². The number of hydrogen-bond donors (Lipinski definition) is 1. The molecule has 0 saturated carbocycles. The smallest absolute Gasteiger partial charge is 0.0656 e. The Labute approximate surface area is 120 Å². The van der Waals surface area contributed by atoms with E-state index < -0.39 is 0 Å². The van der Waals surface area contributed by atoms with E-state index in [0.717, 1.165) is 6.42 Å². The predicted octanol–water partition coefficient (Wildman–Crippen LogP) is 3.56. The van der Waals surface area contributed by atoms with Gasteiger partial charge < -0.3 is 5.32 Å². The van der Waals surface area contributed by atoms with E-state index >= 15 is 0 Å². The van der Waals surface area contributed by atoms with Crippen LogP contribution >= 0.6 is 33.9 Å². The summed E-state index contributed by atoms with van der Waals surface area (Å²) in [4.78, 5) is 4.46. The van der Waals surface area contributed by atoms with Crippen LogP contribution in [0.4, 0.5) is 0 Å². The van der Waals surface area contributed by atoms with Crippen molar-refractivity contribution in [2.24, 2.45) is 0 Å². The molecule has 0 aliphatic heterocycles. The Hall–Kier alpha value is -0.460. The highest BCUT2D eigenvalue weighted by Crippen LogP contribution is 2.25. The third-order valence-electron chi connectivity index (χ3n) is 2.85. The van der Waals surface area contributed by atoms with Crippen molar-refractivity contribution in [3.63, 3.8) is 0 Å². The van der Waals surface area contributed by atoms with Crippen LogP contribution in [-0.4, -0.2) is 12.0 Å². The topological polar surface area (TPSA) is 24.9 Å². The lowest BCUT2D eigenvalue weighted by Crippen LogP contribution is -2.19. The number of hydrogen-bond acceptors (Lipinski definition) is 3. The third-order valence-corrected chi connectivity index (χ3v) is 4.66. The highest BCUT2D eigenvalue weighted by Gasteiger charge is 2.13. The lowest BCUT2D eigenvalue weighted by atomic mass is 10.0. The number of pyridine rings is 1. The lowest BCUT2D eigenvalue weighted by molar-refractivity contribution is 0.584. The molecule has 2 nitrogen and oxygen atoms in total. The van der Waals surface area contributed by atoms with Crippen molar-refractivity contribution >= 4 is 33.9 Å². The SMILES string of the molecule is CNC(Cc1ncccc1C)c1csc(I)c1. The molecule has 1 atom stereocenters. The fourth-order valence-corrected chi connectivity index (χ4v) is 3.24. The minimum atomic E-state index is 0.350. The van der Waals surface area contributed by atoms with Gasteiger partial charge in [-0.05, 0) is 65.2 Å². The monoisotopic (exact) mass is 358 g/mol. The minimum Gasteiger partial charge on any atom is -0.313 e. The number of rotatable bonds is 4. The van der Waals surface area contributed by atoms with Gasteiger partial charge in [0.25, 0.3) is 0 Å². The first-order valence-corrected chi connectivity index (χ1v) is 7.48. The number of nitrogens with one attached hydrogen (secondary N) is 1. The summed E-state index contributed by atoms with van der Waals surface area (Å²) < 4.78 is 1.33. The Morgan fingerprint density at radius 1 is 1.53 bits per heavy atom. The Morgan fingerprint density at radius 3 is 2.94 bits per heavy atom. The summed E-state index contributed by atoms with van der Waals surface area (Å²) in [6.45, 7) is 2.12. The van der Waals surface area contributed by atoms with Gasteiger partial charge in [-0.15, -0.1) is 11.3 Å². The van der Waals surface area contributed by atoms with Crippen LogP contribution in [0.1, 0.15) is 22.9 Å². The van der Waals surface area contributed by atoms with E-state index in [2.05, 4.69) is 57.3 Å². The highest BCUT2D eigenvalue weighted by atomic mass is 127. The molecular formula is C13H15IN2S. The molecule has 1 unspecified atom stereocenters. The second-order valence-electron chi connectivity index (χ2n) is 4.00. The number of likely N-dealkylation sites (N-methyl/N-ethyl adjacent to an activating group) is 1. The van der Waals surface area contributed by atoms with Gasteiger partial charge in [0.2, 0.25) is 0 Å². The average Bonchev–Trinajstić information content (AvgIpc) is 2.75. The molecule has 0 fully saturated rings. The first-order valence-electron chi connectivity index (χ1n) is 5.52. The molecule has 0 aliphatic carbocycles. The van der Waals surface area contributed by atoms with Crippen LogP contribution in [0.3, 0.4) is 0 Å². The molecule has 0 radical (unpaired) electrons. The number of aryl methyl sites for hydroxylation is 1. The second kappa shape index (κ2) is 5.93. The summed E-state index contributed by atoms with van der Waals surface area (Å²) in [7, 11) is 2.01. The van der Waals surface area contributed by atoms with Gasteiger partial charge in [-0.2, -0.15) is 0 Å². The number of nitrogens with zero attached hydrogens (tertiary/aromatic N) is 1. The van der Waals surface area contributed by atoms with Gasteiger partial charge in [0.05, 0.1) is 2.88 Å². The first kappa shape index (κ1) is 13.0. The minimum absolute atomic E-state index is 0.350. The predicted molar refractivity (Wildman–Crippen MR) is 81.5 cm³/mol. The van der Waals surface area contributed by atoms with Crippen molar-refractivity contribution in [1.82, 2.24) is 10.3 Å². The van der Waals surface area contributed by atoms with Crippen LogP contribution in [0.15, 0.2) is 29.8 Å². The van der Waals surface area contributed by atoms with Gasteiger partial charge in [-0.1, -0.05) is 6.07 Å². The van der Waals surface area contributed by atoms with Crippen molar-refractivity contribution in [2.75, 3.05) is 7.05 Å². The fourth-order valence-electron chi connectivity index (χ4n) is 1.82. The first-order chi connectivity index (χ1) is 8.20. The maximum atomic E-state index is 4.46. The summed E-state index contributed by atoms with van der Waals surface area (Å²) in [5.74, 6) is 0. The van der Waals surface area contributed by atoms with E-state index in [4.69, 9.17) is 0 Å². The van der Waals surface area contributed by atoms with E-state index in [1.54, 1.807) is 11.3 Å². The molecule has 0 spiro atoms. The summed E-state index contributed by atoms with van der Waals surface area (Å²) in [6.07, 6.45) is 2.81. The van der Waals surface area contributed by atoms with Crippen LogP contribution < -0.4 is 5.32 Å². The van der Waals surface area contributed by atoms with E-state index in [0.29, 0.717) is 6.04 Å². The van der Waals surface area contributed by atoms with E-state index in [1.807, 2.05) is 19.3 Å². The van der Waals surface area contributed by atoms with Crippen LogP contribution in [0.25, 0.3) is 0 Å². The molecule has 1 N–H and O–H groups in total. The summed E-state index contributed by atoms with van der Waals surface area (Å²) in [6, 6.07) is 6.70. The molecule has 2 heterocycles. The van der Waals surface area contributed by atoms with Crippen molar-refractivity contribution in [2.45, 2.75) is 19.4 Å². The highest BCUT2D eigenvalue weighted by molar-refractivity contribution is 14.1. The zero-order chi connectivity index (χ0) is 12.3. The Bertz CT molecular complexity index is 496. The molecule has 0 amide bonds. The second-order valence-corrected chi connectivity index (χ2v) is 6.80. The largest absolute Gasteiger partial charge is 0.313 e. The van der Waals surface area contributed by atoms with Crippen molar-refractivity contribution < 1.29 is 0 Å². The summed E-state index contributed by atoms with van der Waals surface area (Å²) in [5.41, 5.74) is 3.79. The average molecular weight is 358 g/mol. The van der Waals surface area contributed by atoms with E-state index in [1.165, 1.54) is 19.7 Å². The van der Waals surface area contributed by atoms with Crippen molar-refractivity contribution in [3.05, 3.63) is 49.5 Å². The van der Waals surface area contributed by atoms with Crippen LogP contribution in [0, 0.1) is 9.81 Å². The van der Waals surface area contributed by atoms with Gasteiger partial charge in [0.15, 0.2) is 0 Å². The maximum absolute atomic E-state index is 4.46. The van der Waals surface area contributed by atoms with Gasteiger partial charge >= 0.3 is 0 Å².